The summed E-state index contributed by atoms with van der Waals surface area (Å²) >= 11 is 0.565. The molecule has 7 heteroatoms. The molecule has 2 saturated heterocycles. The molecular formula is C9H15GaN2O3S. The topological polar surface area (TPSA) is 78.4 Å². The second-order valence-corrected chi connectivity index (χ2v) is 9.34. The van der Waals surface area contributed by atoms with Gasteiger partial charge in [0.05, 0.1) is 0 Å². The quantitative estimate of drug-likeness (QED) is 0.392. The summed E-state index contributed by atoms with van der Waals surface area (Å²) in [6, 6.07) is 0.488. The normalized spacial score (nSPS) is 31.8. The fourth-order valence-corrected chi connectivity index (χ4v) is 5.57. The predicted octanol–water partition coefficient (Wildman–Crippen LogP) is 0.465. The van der Waals surface area contributed by atoms with Gasteiger partial charge >= 0.3 is 106 Å². The fourth-order valence-electron chi connectivity index (χ4n) is 2.26. The SMILES string of the molecule is O=C1N[C@H]2[C@H](CS[C@H]2CC[CH2][GaH][C](=O)O)N1. The molecule has 3 atom stereocenters. The van der Waals surface area contributed by atoms with E-state index in [4.69, 9.17) is 5.11 Å². The Morgan fingerprint density at radius 3 is 3.12 bits per heavy atom. The number of carbonyl (C=O) groups excluding carboxylic acids is 1. The third-order valence-electron chi connectivity index (χ3n) is 3.07. The van der Waals surface area contributed by atoms with E-state index in [-0.39, 0.29) is 18.1 Å². The molecule has 2 rings (SSSR count). The minimum absolute atomic E-state index is 0.0523. The van der Waals surface area contributed by atoms with E-state index >= 15 is 0 Å². The van der Waals surface area contributed by atoms with Crippen molar-refractivity contribution in [3.8, 4) is 0 Å². The van der Waals surface area contributed by atoms with Gasteiger partial charge in [0.15, 0.2) is 0 Å². The maximum absolute atomic E-state index is 11.1. The molecule has 0 bridgehead atoms. The Morgan fingerprint density at radius 2 is 2.38 bits per heavy atom. The summed E-state index contributed by atoms with van der Waals surface area (Å²) in [4.78, 5) is 22.5. The Hall–Kier alpha value is -0.274. The molecule has 2 fully saturated rings. The van der Waals surface area contributed by atoms with Crippen molar-refractivity contribution in [3.63, 3.8) is 0 Å². The number of urea groups is 1. The van der Waals surface area contributed by atoms with Gasteiger partial charge in [0.2, 0.25) is 0 Å². The predicted molar refractivity (Wildman–Crippen MR) is 64.7 cm³/mol. The van der Waals surface area contributed by atoms with Crippen LogP contribution in [0.3, 0.4) is 0 Å². The Balaban J connectivity index is 1.70. The first-order valence-electron chi connectivity index (χ1n) is 5.57. The average Bonchev–Trinajstić information content (AvgIpc) is 2.72. The van der Waals surface area contributed by atoms with Gasteiger partial charge in [-0.25, -0.2) is 0 Å². The number of amides is 2. The number of fused-ring (bicyclic) bond motifs is 1. The van der Waals surface area contributed by atoms with Crippen LogP contribution in [0, 0.1) is 0 Å². The van der Waals surface area contributed by atoms with Crippen LogP contribution < -0.4 is 10.6 Å². The van der Waals surface area contributed by atoms with Crippen LogP contribution in [0.4, 0.5) is 9.59 Å². The number of carboxylic acid groups (broad SMARTS) is 1. The summed E-state index contributed by atoms with van der Waals surface area (Å²) in [6.07, 6.45) is 2.04. The van der Waals surface area contributed by atoms with Crippen molar-refractivity contribution in [3.05, 3.63) is 0 Å². The molecule has 0 spiro atoms. The molecule has 0 aliphatic carbocycles. The zero-order chi connectivity index (χ0) is 11.5. The number of nitrogens with one attached hydrogen (secondary N) is 2. The zero-order valence-electron chi connectivity index (χ0n) is 8.94. The zero-order valence-corrected chi connectivity index (χ0v) is 12.7. The molecule has 88 valence electrons. The first kappa shape index (κ1) is 12.2. The summed E-state index contributed by atoms with van der Waals surface area (Å²) < 4.78 is -0.541. The maximum atomic E-state index is 11.1. The molecule has 0 unspecified atom stereocenters. The van der Waals surface area contributed by atoms with Crippen LogP contribution in [-0.4, -0.2) is 56.2 Å². The molecule has 0 aromatic heterocycles. The van der Waals surface area contributed by atoms with Crippen molar-refractivity contribution in [1.29, 1.82) is 0 Å². The van der Waals surface area contributed by atoms with Gasteiger partial charge in [-0.1, -0.05) is 0 Å². The number of hydrogen-bond donors (Lipinski definition) is 3. The van der Waals surface area contributed by atoms with Gasteiger partial charge in [-0.05, 0) is 0 Å². The van der Waals surface area contributed by atoms with Crippen LogP contribution in [0.5, 0.6) is 0 Å². The summed E-state index contributed by atoms with van der Waals surface area (Å²) in [7, 11) is 0. The van der Waals surface area contributed by atoms with E-state index < -0.39 is 21.9 Å². The third-order valence-corrected chi connectivity index (χ3v) is 7.26. The van der Waals surface area contributed by atoms with Crippen LogP contribution in [0.1, 0.15) is 12.8 Å². The van der Waals surface area contributed by atoms with E-state index in [9.17, 15) is 9.59 Å². The number of rotatable bonds is 5. The van der Waals surface area contributed by atoms with Crippen LogP contribution in [0.2, 0.25) is 4.98 Å². The van der Waals surface area contributed by atoms with Crippen LogP contribution >= 0.6 is 11.8 Å². The molecule has 3 N–H and O–H groups in total. The summed E-state index contributed by atoms with van der Waals surface area (Å²) in [5.74, 6) is 0.981. The molecule has 0 saturated carbocycles. The van der Waals surface area contributed by atoms with E-state index in [1.165, 1.54) is 0 Å². The van der Waals surface area contributed by atoms with Crippen molar-refractivity contribution in [2.45, 2.75) is 35.2 Å². The van der Waals surface area contributed by atoms with E-state index in [2.05, 4.69) is 10.6 Å². The van der Waals surface area contributed by atoms with Crippen molar-refractivity contribution in [2.24, 2.45) is 0 Å². The van der Waals surface area contributed by atoms with E-state index in [1.807, 2.05) is 11.8 Å². The van der Waals surface area contributed by atoms with E-state index in [0.29, 0.717) is 5.25 Å². The number of hydrogen-bond acceptors (Lipinski definition) is 3. The molecule has 2 aliphatic rings. The molecular weight excluding hydrogens is 286 g/mol. The Labute approximate surface area is 106 Å². The van der Waals surface area contributed by atoms with Crippen LogP contribution in [-0.2, 0) is 0 Å². The molecule has 16 heavy (non-hydrogen) atoms. The summed E-state index contributed by atoms with van der Waals surface area (Å²) in [5, 5.41) is 14.9. The third kappa shape index (κ3) is 2.89. The van der Waals surface area contributed by atoms with Crippen molar-refractivity contribution < 1.29 is 14.7 Å². The number of thioether (sulfide) groups is 1. The first-order valence-corrected chi connectivity index (χ1v) is 10.2. The first-order chi connectivity index (χ1) is 7.66. The Morgan fingerprint density at radius 1 is 1.56 bits per heavy atom. The Bertz CT molecular complexity index is 302. The number of carbonyl (C=O) groups is 2. The molecule has 2 amide bonds. The summed E-state index contributed by atoms with van der Waals surface area (Å²) in [5.41, 5.74) is 0. The monoisotopic (exact) mass is 300 g/mol. The van der Waals surface area contributed by atoms with Gasteiger partial charge in [-0.3, -0.25) is 0 Å². The summed E-state index contributed by atoms with van der Waals surface area (Å²) in [6.45, 7) is 0. The van der Waals surface area contributed by atoms with Gasteiger partial charge in [0.25, 0.3) is 0 Å². The van der Waals surface area contributed by atoms with Gasteiger partial charge in [0.1, 0.15) is 0 Å². The Kier molecular flexibility index (Phi) is 4.09. The minimum atomic E-state index is -1.33. The van der Waals surface area contributed by atoms with E-state index in [0.717, 1.165) is 23.6 Å². The molecule has 0 aromatic rings. The molecule has 2 aliphatic heterocycles. The van der Waals surface area contributed by atoms with Crippen LogP contribution in [0.25, 0.3) is 0 Å². The van der Waals surface area contributed by atoms with Gasteiger partial charge < -0.3 is 0 Å². The second kappa shape index (κ2) is 5.37. The second-order valence-electron chi connectivity index (χ2n) is 4.26. The molecule has 0 radical (unpaired) electrons. The van der Waals surface area contributed by atoms with Crippen molar-refractivity contribution in [2.75, 3.05) is 5.75 Å². The van der Waals surface area contributed by atoms with Gasteiger partial charge in [0, 0.05) is 0 Å². The fraction of sp³-hybridized carbons (Fsp3) is 0.778. The average molecular weight is 301 g/mol. The molecule has 2 heterocycles. The standard InChI is InChI=1S/C8H13N2OS.CHO2.Ga.H/c1-2-3-6-7-5(4-12-6)9-8(11)10-7;2-1-3;;/h5-7H,1-4H2,(H2,9,10,11);(H,2,3);;/t5-,6-,7-;;;/m0.../s1. The van der Waals surface area contributed by atoms with Crippen molar-refractivity contribution >= 4 is 39.7 Å². The van der Waals surface area contributed by atoms with Crippen molar-refractivity contribution in [1.82, 2.24) is 10.6 Å². The molecule has 0 aromatic carbocycles. The molecule has 5 nitrogen and oxygen atoms in total. The van der Waals surface area contributed by atoms with Crippen LogP contribution in [0.15, 0.2) is 0 Å². The van der Waals surface area contributed by atoms with E-state index in [1.54, 1.807) is 0 Å². The van der Waals surface area contributed by atoms with Gasteiger partial charge in [-0.2, -0.15) is 0 Å². The van der Waals surface area contributed by atoms with Gasteiger partial charge in [-0.15, -0.1) is 0 Å².